The molecule has 5 nitrogen and oxygen atoms in total. The number of benzene rings is 2. The highest BCUT2D eigenvalue weighted by Crippen LogP contribution is 2.41. The van der Waals surface area contributed by atoms with Gasteiger partial charge in [0.25, 0.3) is 5.91 Å². The lowest BCUT2D eigenvalue weighted by atomic mass is 10.0. The van der Waals surface area contributed by atoms with Crippen LogP contribution in [0, 0.1) is 0 Å². The number of amides is 1. The van der Waals surface area contributed by atoms with Gasteiger partial charge in [0.15, 0.2) is 5.78 Å². The first kappa shape index (κ1) is 17.0. The molecule has 0 bridgehead atoms. The Morgan fingerprint density at radius 3 is 2.63 bits per heavy atom. The highest BCUT2D eigenvalue weighted by Gasteiger charge is 2.28. The average Bonchev–Trinajstić information content (AvgIpc) is 2.99. The van der Waals surface area contributed by atoms with E-state index in [1.807, 2.05) is 30.3 Å². The third kappa shape index (κ3) is 3.45. The second-order valence-electron chi connectivity index (χ2n) is 5.86. The van der Waals surface area contributed by atoms with E-state index in [2.05, 4.69) is 10.3 Å². The number of para-hydroxylation sites is 1. The number of hydrogen-bond acceptors (Lipinski definition) is 4. The molecule has 2 aromatic carbocycles. The zero-order chi connectivity index (χ0) is 18.8. The second kappa shape index (κ2) is 7.05. The number of hydrogen-bond donors (Lipinski definition) is 1. The Kier molecular flexibility index (Phi) is 4.44. The van der Waals surface area contributed by atoms with Crippen molar-refractivity contribution >= 4 is 34.6 Å². The lowest BCUT2D eigenvalue weighted by molar-refractivity contribution is -0.110. The van der Waals surface area contributed by atoms with Crippen molar-refractivity contribution in [2.45, 2.75) is 0 Å². The van der Waals surface area contributed by atoms with E-state index in [1.165, 1.54) is 12.3 Å². The van der Waals surface area contributed by atoms with Crippen molar-refractivity contribution in [3.63, 3.8) is 0 Å². The Hall–Kier alpha value is -3.44. The van der Waals surface area contributed by atoms with Crippen LogP contribution in [0.25, 0.3) is 5.57 Å². The molecule has 0 spiro atoms. The molecule has 1 aliphatic heterocycles. The standard InChI is InChI=1S/C21H13ClN2O3/c22-17-9-15(27-14-6-2-1-3-7-14)10-18-20(17)16(21(26)24-18)11-19(25)13-5-4-8-23-12-13/h1-12H,(H,24,26)/b16-11+. The van der Waals surface area contributed by atoms with Gasteiger partial charge in [-0.1, -0.05) is 29.8 Å². The number of pyridine rings is 1. The van der Waals surface area contributed by atoms with Crippen LogP contribution in [0.3, 0.4) is 0 Å². The van der Waals surface area contributed by atoms with Crippen molar-refractivity contribution in [2.75, 3.05) is 5.32 Å². The maximum absolute atomic E-state index is 12.4. The van der Waals surface area contributed by atoms with Gasteiger partial charge in [0.05, 0.1) is 16.3 Å². The first-order valence-corrected chi connectivity index (χ1v) is 8.54. The molecule has 1 aliphatic rings. The van der Waals surface area contributed by atoms with E-state index in [0.29, 0.717) is 33.3 Å². The summed E-state index contributed by atoms with van der Waals surface area (Å²) in [5.41, 5.74) is 1.60. The molecule has 0 unspecified atom stereocenters. The summed E-state index contributed by atoms with van der Waals surface area (Å²) in [4.78, 5) is 28.7. The van der Waals surface area contributed by atoms with Crippen LogP contribution in [-0.2, 0) is 4.79 Å². The van der Waals surface area contributed by atoms with Crippen molar-refractivity contribution in [1.29, 1.82) is 0 Å². The highest BCUT2D eigenvalue weighted by atomic mass is 35.5. The van der Waals surface area contributed by atoms with Crippen LogP contribution in [0.4, 0.5) is 5.69 Å². The molecule has 132 valence electrons. The molecule has 0 radical (unpaired) electrons. The largest absolute Gasteiger partial charge is 0.457 e. The van der Waals surface area contributed by atoms with Crippen molar-refractivity contribution in [3.8, 4) is 11.5 Å². The van der Waals surface area contributed by atoms with Gasteiger partial charge in [-0.2, -0.15) is 0 Å². The molecule has 4 rings (SSSR count). The number of ether oxygens (including phenoxy) is 1. The Balaban J connectivity index is 1.69. The van der Waals surface area contributed by atoms with Gasteiger partial charge in [0.2, 0.25) is 0 Å². The lowest BCUT2D eigenvalue weighted by Gasteiger charge is -2.09. The smallest absolute Gasteiger partial charge is 0.256 e. The van der Waals surface area contributed by atoms with Crippen molar-refractivity contribution in [3.05, 3.63) is 89.2 Å². The fourth-order valence-electron chi connectivity index (χ4n) is 2.80. The molecule has 0 atom stereocenters. The molecular weight excluding hydrogens is 364 g/mol. The third-order valence-corrected chi connectivity index (χ3v) is 4.32. The van der Waals surface area contributed by atoms with Gasteiger partial charge in [-0.25, -0.2) is 0 Å². The number of carbonyl (C=O) groups excluding carboxylic acids is 2. The van der Waals surface area contributed by atoms with Crippen molar-refractivity contribution in [1.82, 2.24) is 4.98 Å². The van der Waals surface area contributed by atoms with Gasteiger partial charge >= 0.3 is 0 Å². The summed E-state index contributed by atoms with van der Waals surface area (Å²) in [6.45, 7) is 0. The van der Waals surface area contributed by atoms with Crippen LogP contribution in [0.1, 0.15) is 15.9 Å². The maximum Gasteiger partial charge on any atom is 0.256 e. The summed E-state index contributed by atoms with van der Waals surface area (Å²) in [6, 6.07) is 15.8. The summed E-state index contributed by atoms with van der Waals surface area (Å²) in [5, 5.41) is 3.05. The fourth-order valence-corrected chi connectivity index (χ4v) is 3.11. The van der Waals surface area contributed by atoms with Crippen LogP contribution in [0.2, 0.25) is 5.02 Å². The molecule has 1 amide bonds. The van der Waals surface area contributed by atoms with E-state index in [1.54, 1.807) is 30.5 Å². The number of nitrogens with one attached hydrogen (secondary N) is 1. The third-order valence-electron chi connectivity index (χ3n) is 4.03. The number of nitrogens with zero attached hydrogens (tertiary/aromatic N) is 1. The van der Waals surface area contributed by atoms with Crippen LogP contribution < -0.4 is 10.1 Å². The Labute approximate surface area is 160 Å². The predicted molar refractivity (Wildman–Crippen MR) is 103 cm³/mol. The minimum atomic E-state index is -0.388. The Morgan fingerprint density at radius 2 is 1.89 bits per heavy atom. The fraction of sp³-hybridized carbons (Fsp3) is 0. The minimum Gasteiger partial charge on any atom is -0.457 e. The summed E-state index contributed by atoms with van der Waals surface area (Å²) < 4.78 is 5.77. The zero-order valence-corrected chi connectivity index (χ0v) is 14.7. The molecular formula is C21H13ClN2O3. The number of aromatic nitrogens is 1. The molecule has 3 aromatic rings. The number of rotatable bonds is 4. The van der Waals surface area contributed by atoms with Crippen LogP contribution >= 0.6 is 11.6 Å². The summed E-state index contributed by atoms with van der Waals surface area (Å²) in [7, 11) is 0. The van der Waals surface area contributed by atoms with E-state index in [9.17, 15) is 9.59 Å². The van der Waals surface area contributed by atoms with Crippen LogP contribution in [0.15, 0.2) is 73.1 Å². The summed E-state index contributed by atoms with van der Waals surface area (Å²) >= 11 is 6.39. The molecule has 0 saturated carbocycles. The average molecular weight is 377 g/mol. The summed E-state index contributed by atoms with van der Waals surface area (Å²) in [5.74, 6) is 0.438. The minimum absolute atomic E-state index is 0.218. The van der Waals surface area contributed by atoms with Gasteiger partial charge in [-0.3, -0.25) is 14.6 Å². The number of halogens is 1. The quantitative estimate of drug-likeness (QED) is 0.527. The first-order chi connectivity index (χ1) is 13.1. The van der Waals surface area contributed by atoms with E-state index in [4.69, 9.17) is 16.3 Å². The second-order valence-corrected chi connectivity index (χ2v) is 6.27. The van der Waals surface area contributed by atoms with E-state index in [0.717, 1.165) is 0 Å². The van der Waals surface area contributed by atoms with E-state index in [-0.39, 0.29) is 17.3 Å². The topological polar surface area (TPSA) is 68.3 Å². The molecule has 1 aromatic heterocycles. The maximum atomic E-state index is 12.4. The van der Waals surface area contributed by atoms with Gasteiger partial charge in [0.1, 0.15) is 11.5 Å². The number of ketones is 1. The van der Waals surface area contributed by atoms with Crippen molar-refractivity contribution < 1.29 is 14.3 Å². The van der Waals surface area contributed by atoms with Gasteiger partial charge in [-0.05, 0) is 30.3 Å². The molecule has 0 aliphatic carbocycles. The Bertz CT molecular complexity index is 1060. The molecule has 6 heteroatoms. The Morgan fingerprint density at radius 1 is 1.07 bits per heavy atom. The number of carbonyl (C=O) groups is 2. The SMILES string of the molecule is O=C1Nc2cc(Oc3ccccc3)cc(Cl)c2/C1=C\C(=O)c1cccnc1. The van der Waals surface area contributed by atoms with E-state index >= 15 is 0 Å². The predicted octanol–water partition coefficient (Wildman–Crippen LogP) is 4.75. The molecule has 2 heterocycles. The van der Waals surface area contributed by atoms with Gasteiger partial charge in [-0.15, -0.1) is 0 Å². The number of fused-ring (bicyclic) bond motifs is 1. The molecule has 0 saturated heterocycles. The normalized spacial score (nSPS) is 14.0. The zero-order valence-electron chi connectivity index (χ0n) is 14.0. The van der Waals surface area contributed by atoms with Gasteiger partial charge < -0.3 is 10.1 Å². The summed E-state index contributed by atoms with van der Waals surface area (Å²) in [6.07, 6.45) is 4.31. The molecule has 27 heavy (non-hydrogen) atoms. The van der Waals surface area contributed by atoms with Crippen molar-refractivity contribution in [2.24, 2.45) is 0 Å². The molecule has 1 N–H and O–H groups in total. The van der Waals surface area contributed by atoms with Crippen LogP contribution in [-0.4, -0.2) is 16.7 Å². The molecule has 0 fully saturated rings. The monoisotopic (exact) mass is 376 g/mol. The van der Waals surface area contributed by atoms with E-state index < -0.39 is 0 Å². The van der Waals surface area contributed by atoms with Crippen LogP contribution in [0.5, 0.6) is 11.5 Å². The number of allylic oxidation sites excluding steroid dienone is 1. The number of anilines is 1. The highest BCUT2D eigenvalue weighted by molar-refractivity contribution is 6.41. The lowest BCUT2D eigenvalue weighted by Crippen LogP contribution is -2.06. The van der Waals surface area contributed by atoms with Gasteiger partial charge in [0, 0.05) is 35.7 Å². The first-order valence-electron chi connectivity index (χ1n) is 8.16.